The molecule has 0 amide bonds. The van der Waals surface area contributed by atoms with Crippen molar-refractivity contribution in [1.29, 1.82) is 0 Å². The Balaban J connectivity index is 1.64. The van der Waals surface area contributed by atoms with E-state index >= 15 is 0 Å². The van der Waals surface area contributed by atoms with E-state index in [9.17, 15) is 4.79 Å². The lowest BCUT2D eigenvalue weighted by Gasteiger charge is -2.47. The minimum absolute atomic E-state index is 0.102. The van der Waals surface area contributed by atoms with Crippen molar-refractivity contribution in [2.24, 2.45) is 0 Å². The van der Waals surface area contributed by atoms with Gasteiger partial charge in [-0.05, 0) is 44.9 Å². The first-order valence-corrected chi connectivity index (χ1v) is 8.96. The van der Waals surface area contributed by atoms with Crippen LogP contribution in [0.1, 0.15) is 38.1 Å². The smallest absolute Gasteiger partial charge is 0.262 e. The molecule has 5 rings (SSSR count). The first-order chi connectivity index (χ1) is 11.7. The minimum atomic E-state index is 0.102. The summed E-state index contributed by atoms with van der Waals surface area (Å²) in [6, 6.07) is 11.3. The number of aromatic nitrogens is 1. The molecule has 3 atom stereocenters. The molecule has 4 heterocycles. The van der Waals surface area contributed by atoms with Gasteiger partial charge in [0.1, 0.15) is 11.2 Å². The van der Waals surface area contributed by atoms with Crippen molar-refractivity contribution in [2.45, 2.75) is 50.2 Å². The highest BCUT2D eigenvalue weighted by atomic mass is 16.3. The van der Waals surface area contributed by atoms with Crippen molar-refractivity contribution in [3.05, 3.63) is 46.9 Å². The van der Waals surface area contributed by atoms with Crippen molar-refractivity contribution in [3.63, 3.8) is 0 Å². The fourth-order valence-electron chi connectivity index (χ4n) is 4.85. The van der Waals surface area contributed by atoms with E-state index in [0.29, 0.717) is 23.7 Å². The molecule has 124 valence electrons. The maximum absolute atomic E-state index is 13.2. The van der Waals surface area contributed by atoms with Crippen LogP contribution in [-0.2, 0) is 0 Å². The van der Waals surface area contributed by atoms with E-state index < -0.39 is 0 Å². The fraction of sp³-hybridized carbons (Fsp3) is 0.450. The molecule has 3 aromatic rings. The molecule has 24 heavy (non-hydrogen) atoms. The molecule has 1 aromatic carbocycles. The van der Waals surface area contributed by atoms with Crippen LogP contribution in [0.15, 0.2) is 45.7 Å². The highest BCUT2D eigenvalue weighted by Crippen LogP contribution is 2.38. The van der Waals surface area contributed by atoms with Gasteiger partial charge in [0.15, 0.2) is 0 Å². The Bertz CT molecular complexity index is 957. The Labute approximate surface area is 140 Å². The SMILES string of the molecule is CN1[C@@H]2CCC[C@H]1CC(n1ccc3oc4ccccc4c3c1=O)C2. The minimum Gasteiger partial charge on any atom is -0.456 e. The van der Waals surface area contributed by atoms with E-state index in [-0.39, 0.29) is 5.56 Å². The van der Waals surface area contributed by atoms with Crippen molar-refractivity contribution < 1.29 is 4.42 Å². The van der Waals surface area contributed by atoms with Crippen molar-refractivity contribution in [3.8, 4) is 0 Å². The topological polar surface area (TPSA) is 38.4 Å². The number of benzene rings is 1. The summed E-state index contributed by atoms with van der Waals surface area (Å²) >= 11 is 0. The molecule has 0 radical (unpaired) electrons. The normalized spacial score (nSPS) is 27.8. The predicted octanol–water partition coefficient (Wildman–Crippen LogP) is 3.94. The third-order valence-corrected chi connectivity index (χ3v) is 6.17. The summed E-state index contributed by atoms with van der Waals surface area (Å²) < 4.78 is 7.82. The molecule has 0 aliphatic carbocycles. The van der Waals surface area contributed by atoms with Gasteiger partial charge in [0.2, 0.25) is 0 Å². The molecule has 2 aromatic heterocycles. The van der Waals surface area contributed by atoms with Crippen LogP contribution in [0.5, 0.6) is 0 Å². The van der Waals surface area contributed by atoms with Gasteiger partial charge in [0, 0.05) is 29.7 Å². The second-order valence-corrected chi connectivity index (χ2v) is 7.39. The molecular formula is C20H22N2O2. The molecule has 0 saturated carbocycles. The summed E-state index contributed by atoms with van der Waals surface area (Å²) in [6.07, 6.45) is 7.94. The van der Waals surface area contributed by atoms with E-state index in [1.165, 1.54) is 19.3 Å². The molecule has 2 saturated heterocycles. The van der Waals surface area contributed by atoms with Gasteiger partial charge in [0.25, 0.3) is 5.56 Å². The Kier molecular flexibility index (Phi) is 3.10. The molecule has 1 unspecified atom stereocenters. The molecule has 2 bridgehead atoms. The molecule has 2 aliphatic rings. The quantitative estimate of drug-likeness (QED) is 0.681. The average molecular weight is 322 g/mol. The molecule has 2 fully saturated rings. The zero-order chi connectivity index (χ0) is 16.3. The van der Waals surface area contributed by atoms with E-state index in [4.69, 9.17) is 4.42 Å². The summed E-state index contributed by atoms with van der Waals surface area (Å²) in [7, 11) is 2.25. The van der Waals surface area contributed by atoms with Gasteiger partial charge >= 0.3 is 0 Å². The Morgan fingerprint density at radius 1 is 1.00 bits per heavy atom. The number of piperidine rings is 2. The molecule has 4 heteroatoms. The van der Waals surface area contributed by atoms with Gasteiger partial charge in [-0.15, -0.1) is 0 Å². The molecule has 0 N–H and O–H groups in total. The van der Waals surface area contributed by atoms with Crippen LogP contribution in [0.25, 0.3) is 21.9 Å². The number of hydrogen-bond acceptors (Lipinski definition) is 3. The number of furan rings is 1. The highest BCUT2D eigenvalue weighted by molar-refractivity contribution is 6.04. The Hall–Kier alpha value is -2.07. The van der Waals surface area contributed by atoms with Gasteiger partial charge in [-0.3, -0.25) is 4.79 Å². The predicted molar refractivity (Wildman–Crippen MR) is 95.4 cm³/mol. The number of fused-ring (bicyclic) bond motifs is 5. The van der Waals surface area contributed by atoms with E-state index in [2.05, 4.69) is 11.9 Å². The standard InChI is InChI=1S/C20H22N2O2/c1-21-13-5-4-6-14(21)12-15(11-13)22-10-9-18-19(20(22)23)16-7-2-3-8-17(16)24-18/h2-3,7-10,13-15H,4-6,11-12H2,1H3/t13-,14+,15?. The molecular weight excluding hydrogens is 300 g/mol. The van der Waals surface area contributed by atoms with Crippen LogP contribution >= 0.6 is 0 Å². The zero-order valence-electron chi connectivity index (χ0n) is 13.9. The number of rotatable bonds is 1. The van der Waals surface area contributed by atoms with E-state index in [1.54, 1.807) is 0 Å². The second-order valence-electron chi connectivity index (χ2n) is 7.39. The lowest BCUT2D eigenvalue weighted by Crippen LogP contribution is -2.50. The number of para-hydroxylation sites is 1. The third-order valence-electron chi connectivity index (χ3n) is 6.17. The second kappa shape index (κ2) is 5.21. The highest BCUT2D eigenvalue weighted by Gasteiger charge is 2.37. The van der Waals surface area contributed by atoms with Gasteiger partial charge in [-0.25, -0.2) is 0 Å². The molecule has 2 aliphatic heterocycles. The lowest BCUT2D eigenvalue weighted by molar-refractivity contribution is 0.0393. The summed E-state index contributed by atoms with van der Waals surface area (Å²) in [5, 5.41) is 1.66. The fourth-order valence-corrected chi connectivity index (χ4v) is 4.85. The van der Waals surface area contributed by atoms with Gasteiger partial charge in [0.05, 0.1) is 5.39 Å². The largest absolute Gasteiger partial charge is 0.456 e. The van der Waals surface area contributed by atoms with E-state index in [0.717, 1.165) is 29.2 Å². The van der Waals surface area contributed by atoms with Crippen LogP contribution < -0.4 is 5.56 Å². The summed E-state index contributed by atoms with van der Waals surface area (Å²) in [5.41, 5.74) is 1.60. The Morgan fingerprint density at radius 2 is 1.75 bits per heavy atom. The third kappa shape index (κ3) is 1.99. The number of nitrogens with zero attached hydrogens (tertiary/aromatic N) is 2. The summed E-state index contributed by atoms with van der Waals surface area (Å²) in [5.74, 6) is 0. The lowest BCUT2D eigenvalue weighted by atomic mass is 9.82. The van der Waals surface area contributed by atoms with Crippen molar-refractivity contribution >= 4 is 21.9 Å². The maximum Gasteiger partial charge on any atom is 0.262 e. The first kappa shape index (κ1) is 14.3. The summed E-state index contributed by atoms with van der Waals surface area (Å²) in [6.45, 7) is 0. The van der Waals surface area contributed by atoms with Gasteiger partial charge < -0.3 is 13.9 Å². The zero-order valence-corrected chi connectivity index (χ0v) is 13.9. The average Bonchev–Trinajstić information content (AvgIpc) is 2.94. The van der Waals surface area contributed by atoms with Crippen LogP contribution in [-0.4, -0.2) is 28.6 Å². The van der Waals surface area contributed by atoms with Crippen LogP contribution in [0.4, 0.5) is 0 Å². The number of pyridine rings is 1. The Morgan fingerprint density at radius 3 is 2.54 bits per heavy atom. The van der Waals surface area contributed by atoms with Crippen molar-refractivity contribution in [2.75, 3.05) is 7.05 Å². The van der Waals surface area contributed by atoms with Gasteiger partial charge in [-0.1, -0.05) is 24.6 Å². The molecule has 0 spiro atoms. The van der Waals surface area contributed by atoms with Crippen LogP contribution in [0.2, 0.25) is 0 Å². The maximum atomic E-state index is 13.2. The van der Waals surface area contributed by atoms with Crippen molar-refractivity contribution in [1.82, 2.24) is 9.47 Å². The van der Waals surface area contributed by atoms with Gasteiger partial charge in [-0.2, -0.15) is 0 Å². The van der Waals surface area contributed by atoms with Crippen LogP contribution in [0.3, 0.4) is 0 Å². The first-order valence-electron chi connectivity index (χ1n) is 8.96. The van der Waals surface area contributed by atoms with Crippen LogP contribution in [0, 0.1) is 0 Å². The van der Waals surface area contributed by atoms with E-state index in [1.807, 2.05) is 41.1 Å². The molecule has 4 nitrogen and oxygen atoms in total. The monoisotopic (exact) mass is 322 g/mol. The number of hydrogen-bond donors (Lipinski definition) is 0. The summed E-state index contributed by atoms with van der Waals surface area (Å²) in [4.78, 5) is 15.7.